The lowest BCUT2D eigenvalue weighted by molar-refractivity contribution is 0.425. The summed E-state index contributed by atoms with van der Waals surface area (Å²) in [6, 6.07) is 3.45. The van der Waals surface area contributed by atoms with E-state index in [1.54, 1.807) is 12.1 Å². The Morgan fingerprint density at radius 3 is 2.76 bits per heavy atom. The van der Waals surface area contributed by atoms with E-state index in [2.05, 4.69) is 20.1 Å². The van der Waals surface area contributed by atoms with Crippen molar-refractivity contribution < 1.29 is 4.52 Å². The first-order chi connectivity index (χ1) is 8.13. The molecule has 3 rings (SSSR count). The summed E-state index contributed by atoms with van der Waals surface area (Å²) >= 11 is 11.7. The summed E-state index contributed by atoms with van der Waals surface area (Å²) in [5.74, 6) is 1.10. The third-order valence-corrected chi connectivity index (χ3v) is 2.92. The molecule has 0 bridgehead atoms. The minimum atomic E-state index is 0.228. The highest BCUT2D eigenvalue weighted by Gasteiger charge is 2.12. The Morgan fingerprint density at radius 2 is 2.06 bits per heavy atom. The molecular formula is C10H6Cl2N4O. The van der Waals surface area contributed by atoms with Gasteiger partial charge in [-0.25, -0.2) is 9.97 Å². The lowest BCUT2D eigenvalue weighted by Crippen LogP contribution is -1.79. The Labute approximate surface area is 106 Å². The molecule has 0 saturated carbocycles. The molecule has 86 valence electrons. The molecule has 0 spiro atoms. The number of imidazole rings is 1. The van der Waals surface area contributed by atoms with E-state index >= 15 is 0 Å². The number of aryl methyl sites for hydroxylation is 1. The average molecular weight is 269 g/mol. The second kappa shape index (κ2) is 3.72. The molecular weight excluding hydrogens is 263 g/mol. The fraction of sp³-hybridized carbons (Fsp3) is 0.100. The summed E-state index contributed by atoms with van der Waals surface area (Å²) in [4.78, 5) is 11.4. The molecule has 3 aromatic rings. The minimum Gasteiger partial charge on any atom is -0.353 e. The van der Waals surface area contributed by atoms with Crippen LogP contribution < -0.4 is 0 Å². The number of nitrogens with zero attached hydrogens (tertiary/aromatic N) is 3. The Bertz CT molecular complexity index is 664. The van der Waals surface area contributed by atoms with Gasteiger partial charge < -0.3 is 9.51 Å². The number of hydrogen-bond donors (Lipinski definition) is 1. The molecule has 3 heterocycles. The second-order valence-corrected chi connectivity index (χ2v) is 4.32. The SMILES string of the molecule is Cc1cc(-c2nc3nc(Cl)c(Cl)cc3[nH]2)on1. The highest BCUT2D eigenvalue weighted by Crippen LogP contribution is 2.26. The van der Waals surface area contributed by atoms with Crippen molar-refractivity contribution >= 4 is 34.4 Å². The van der Waals surface area contributed by atoms with Crippen molar-refractivity contribution in [1.82, 2.24) is 20.1 Å². The van der Waals surface area contributed by atoms with Crippen LogP contribution in [0, 0.1) is 6.92 Å². The maximum atomic E-state index is 5.87. The van der Waals surface area contributed by atoms with Crippen LogP contribution in [0.25, 0.3) is 22.7 Å². The monoisotopic (exact) mass is 268 g/mol. The molecule has 0 saturated heterocycles. The zero-order valence-corrected chi connectivity index (χ0v) is 10.2. The van der Waals surface area contributed by atoms with Gasteiger partial charge in [-0.15, -0.1) is 0 Å². The molecule has 0 radical (unpaired) electrons. The predicted molar refractivity (Wildman–Crippen MR) is 64.1 cm³/mol. The van der Waals surface area contributed by atoms with Gasteiger partial charge in [-0.05, 0) is 13.0 Å². The quantitative estimate of drug-likeness (QED) is 0.688. The average Bonchev–Trinajstić information content (AvgIpc) is 2.85. The molecule has 5 nitrogen and oxygen atoms in total. The van der Waals surface area contributed by atoms with Gasteiger partial charge in [-0.3, -0.25) is 0 Å². The summed E-state index contributed by atoms with van der Waals surface area (Å²) < 4.78 is 5.10. The van der Waals surface area contributed by atoms with E-state index in [-0.39, 0.29) is 5.15 Å². The highest BCUT2D eigenvalue weighted by atomic mass is 35.5. The van der Waals surface area contributed by atoms with Gasteiger partial charge in [0, 0.05) is 6.07 Å². The van der Waals surface area contributed by atoms with Crippen molar-refractivity contribution in [1.29, 1.82) is 0 Å². The van der Waals surface area contributed by atoms with Gasteiger partial charge in [0.15, 0.2) is 11.5 Å². The molecule has 0 amide bonds. The van der Waals surface area contributed by atoms with E-state index in [1.165, 1.54) is 0 Å². The van der Waals surface area contributed by atoms with Gasteiger partial charge in [0.2, 0.25) is 5.76 Å². The first-order valence-corrected chi connectivity index (χ1v) is 5.54. The number of aromatic nitrogens is 4. The molecule has 0 aliphatic rings. The number of nitrogens with one attached hydrogen (secondary N) is 1. The van der Waals surface area contributed by atoms with Crippen molar-refractivity contribution in [3.05, 3.63) is 28.0 Å². The second-order valence-electron chi connectivity index (χ2n) is 3.55. The standard InChI is InChI=1S/C10H6Cl2N4O/c1-4-2-7(17-16-4)10-13-6-3-5(11)8(12)14-9(6)15-10/h2-3H,1H3,(H,13,14,15). The zero-order chi connectivity index (χ0) is 12.0. The lowest BCUT2D eigenvalue weighted by Gasteiger charge is -1.92. The summed E-state index contributed by atoms with van der Waals surface area (Å²) in [7, 11) is 0. The fourth-order valence-electron chi connectivity index (χ4n) is 1.49. The lowest BCUT2D eigenvalue weighted by atomic mass is 10.4. The number of fused-ring (bicyclic) bond motifs is 1. The number of pyridine rings is 1. The topological polar surface area (TPSA) is 67.6 Å². The highest BCUT2D eigenvalue weighted by molar-refractivity contribution is 6.41. The smallest absolute Gasteiger partial charge is 0.202 e. The minimum absolute atomic E-state index is 0.228. The Hall–Kier alpha value is -1.59. The maximum absolute atomic E-state index is 5.87. The normalized spacial score (nSPS) is 11.2. The number of hydrogen-bond acceptors (Lipinski definition) is 4. The van der Waals surface area contributed by atoms with Crippen LogP contribution in [0.1, 0.15) is 5.69 Å². The van der Waals surface area contributed by atoms with E-state index in [0.717, 1.165) is 5.69 Å². The Morgan fingerprint density at radius 1 is 1.24 bits per heavy atom. The van der Waals surface area contributed by atoms with E-state index in [9.17, 15) is 0 Å². The number of H-pyrrole nitrogens is 1. The summed E-state index contributed by atoms with van der Waals surface area (Å²) in [6.45, 7) is 1.83. The van der Waals surface area contributed by atoms with Gasteiger partial charge in [0.05, 0.1) is 16.2 Å². The van der Waals surface area contributed by atoms with Crippen LogP contribution in [0.15, 0.2) is 16.7 Å². The van der Waals surface area contributed by atoms with Gasteiger partial charge in [0.25, 0.3) is 0 Å². The first kappa shape index (κ1) is 10.6. The van der Waals surface area contributed by atoms with E-state index < -0.39 is 0 Å². The molecule has 1 N–H and O–H groups in total. The van der Waals surface area contributed by atoms with Gasteiger partial charge in [0.1, 0.15) is 5.15 Å². The summed E-state index contributed by atoms with van der Waals surface area (Å²) in [6.07, 6.45) is 0. The van der Waals surface area contributed by atoms with Crippen molar-refractivity contribution in [2.24, 2.45) is 0 Å². The van der Waals surface area contributed by atoms with Crippen molar-refractivity contribution in [3.63, 3.8) is 0 Å². The molecule has 0 atom stereocenters. The van der Waals surface area contributed by atoms with E-state index in [0.29, 0.717) is 27.8 Å². The number of aromatic amines is 1. The summed E-state index contributed by atoms with van der Waals surface area (Å²) in [5, 5.41) is 4.40. The third-order valence-electron chi connectivity index (χ3n) is 2.25. The Kier molecular flexibility index (Phi) is 2.31. The molecule has 17 heavy (non-hydrogen) atoms. The third kappa shape index (κ3) is 1.77. The number of rotatable bonds is 1. The Balaban J connectivity index is 2.19. The molecule has 0 aromatic carbocycles. The fourth-order valence-corrected chi connectivity index (χ4v) is 1.77. The zero-order valence-electron chi connectivity index (χ0n) is 8.66. The van der Waals surface area contributed by atoms with Crippen molar-refractivity contribution in [3.8, 4) is 11.6 Å². The van der Waals surface area contributed by atoms with Gasteiger partial charge in [-0.2, -0.15) is 0 Å². The largest absolute Gasteiger partial charge is 0.353 e. The molecule has 0 aliphatic heterocycles. The van der Waals surface area contributed by atoms with E-state index in [1.807, 2.05) is 6.92 Å². The maximum Gasteiger partial charge on any atom is 0.202 e. The first-order valence-electron chi connectivity index (χ1n) is 4.79. The number of halogens is 2. The van der Waals surface area contributed by atoms with Crippen LogP contribution in [-0.2, 0) is 0 Å². The molecule has 0 fully saturated rings. The van der Waals surface area contributed by atoms with Crippen LogP contribution >= 0.6 is 23.2 Å². The van der Waals surface area contributed by atoms with Crippen LogP contribution in [0.4, 0.5) is 0 Å². The van der Waals surface area contributed by atoms with Gasteiger partial charge >= 0.3 is 0 Å². The van der Waals surface area contributed by atoms with Crippen molar-refractivity contribution in [2.75, 3.05) is 0 Å². The van der Waals surface area contributed by atoms with Gasteiger partial charge in [-0.1, -0.05) is 28.4 Å². The van der Waals surface area contributed by atoms with Crippen LogP contribution in [0.3, 0.4) is 0 Å². The molecule has 0 aliphatic carbocycles. The molecule has 3 aromatic heterocycles. The van der Waals surface area contributed by atoms with Crippen molar-refractivity contribution in [2.45, 2.75) is 6.92 Å². The van der Waals surface area contributed by atoms with Crippen LogP contribution in [-0.4, -0.2) is 20.1 Å². The van der Waals surface area contributed by atoms with Crippen LogP contribution in [0.2, 0.25) is 10.2 Å². The predicted octanol–water partition coefficient (Wildman–Crippen LogP) is 3.23. The summed E-state index contributed by atoms with van der Waals surface area (Å²) in [5.41, 5.74) is 1.97. The molecule has 7 heteroatoms. The molecule has 0 unspecified atom stereocenters. The van der Waals surface area contributed by atoms with Crippen LogP contribution in [0.5, 0.6) is 0 Å². The van der Waals surface area contributed by atoms with E-state index in [4.69, 9.17) is 27.7 Å².